The fourth-order valence-corrected chi connectivity index (χ4v) is 1.30. The van der Waals surface area contributed by atoms with Crippen molar-refractivity contribution >= 4 is 11.9 Å². The number of carbonyl (C=O) groups is 2. The number of hydrogen-bond donors (Lipinski definition) is 1. The maximum Gasteiger partial charge on any atom is 0.338 e. The number of benzene rings is 1. The summed E-state index contributed by atoms with van der Waals surface area (Å²) in [6, 6.07) is 6.54. The summed E-state index contributed by atoms with van der Waals surface area (Å²) in [5, 5.41) is 8.86. The molecule has 4 nitrogen and oxygen atoms in total. The highest BCUT2D eigenvalue weighted by Crippen LogP contribution is 2.20. The molecule has 15 heavy (non-hydrogen) atoms. The van der Waals surface area contributed by atoms with Gasteiger partial charge in [-0.25, -0.2) is 4.79 Å². The zero-order valence-corrected chi connectivity index (χ0v) is 8.56. The van der Waals surface area contributed by atoms with Crippen LogP contribution < -0.4 is 0 Å². The summed E-state index contributed by atoms with van der Waals surface area (Å²) in [5.41, 5.74) is 0.770. The highest BCUT2D eigenvalue weighted by molar-refractivity contribution is 5.93. The van der Waals surface area contributed by atoms with Gasteiger partial charge in [-0.1, -0.05) is 18.2 Å². The van der Waals surface area contributed by atoms with Crippen LogP contribution in [0.5, 0.6) is 0 Å². The van der Waals surface area contributed by atoms with Crippen molar-refractivity contribution in [2.75, 3.05) is 7.11 Å². The van der Waals surface area contributed by atoms with Gasteiger partial charge < -0.3 is 9.84 Å². The molecule has 0 saturated carbocycles. The van der Waals surface area contributed by atoms with E-state index in [9.17, 15) is 9.59 Å². The van der Waals surface area contributed by atoms with Crippen molar-refractivity contribution in [3.05, 3.63) is 35.4 Å². The van der Waals surface area contributed by atoms with Crippen LogP contribution in [-0.2, 0) is 9.53 Å². The van der Waals surface area contributed by atoms with Gasteiger partial charge in [0.25, 0.3) is 0 Å². The van der Waals surface area contributed by atoms with E-state index in [1.54, 1.807) is 24.3 Å². The minimum Gasteiger partial charge on any atom is -0.481 e. The Bertz CT molecular complexity index is 384. The lowest BCUT2D eigenvalue weighted by Crippen LogP contribution is -2.13. The van der Waals surface area contributed by atoms with Gasteiger partial charge in [0.1, 0.15) is 0 Å². The minimum absolute atomic E-state index is 0.301. The Labute approximate surface area is 87.5 Å². The molecule has 1 unspecified atom stereocenters. The molecule has 4 heteroatoms. The number of carboxylic acid groups (broad SMARTS) is 1. The van der Waals surface area contributed by atoms with E-state index in [0.717, 1.165) is 0 Å². The Kier molecular flexibility index (Phi) is 3.44. The standard InChI is InChI=1S/C11H12O4/c1-7(10(12)13)8-5-3-4-6-9(8)11(14)15-2/h3-7H,1-2H3,(H,12,13). The van der Waals surface area contributed by atoms with Crippen molar-refractivity contribution in [3.63, 3.8) is 0 Å². The number of rotatable bonds is 3. The number of aliphatic carboxylic acids is 1. The zero-order valence-electron chi connectivity index (χ0n) is 8.56. The van der Waals surface area contributed by atoms with Gasteiger partial charge in [-0.3, -0.25) is 4.79 Å². The summed E-state index contributed by atoms with van der Waals surface area (Å²) < 4.78 is 4.57. The second-order valence-corrected chi connectivity index (χ2v) is 3.14. The summed E-state index contributed by atoms with van der Waals surface area (Å²) in [7, 11) is 1.27. The number of hydrogen-bond acceptors (Lipinski definition) is 3. The lowest BCUT2D eigenvalue weighted by atomic mass is 9.96. The zero-order chi connectivity index (χ0) is 11.4. The van der Waals surface area contributed by atoms with Gasteiger partial charge in [-0.2, -0.15) is 0 Å². The maximum atomic E-state index is 11.3. The second-order valence-electron chi connectivity index (χ2n) is 3.14. The van der Waals surface area contributed by atoms with Crippen molar-refractivity contribution in [1.82, 2.24) is 0 Å². The molecule has 80 valence electrons. The normalized spacial score (nSPS) is 11.9. The molecule has 0 spiro atoms. The number of esters is 1. The average Bonchev–Trinajstić information content (AvgIpc) is 2.27. The van der Waals surface area contributed by atoms with Crippen molar-refractivity contribution in [2.24, 2.45) is 0 Å². The van der Waals surface area contributed by atoms with Crippen molar-refractivity contribution in [1.29, 1.82) is 0 Å². The van der Waals surface area contributed by atoms with E-state index in [4.69, 9.17) is 5.11 Å². The van der Waals surface area contributed by atoms with E-state index in [1.165, 1.54) is 14.0 Å². The van der Waals surface area contributed by atoms with Crippen LogP contribution in [0.1, 0.15) is 28.8 Å². The molecule has 0 bridgehead atoms. The monoisotopic (exact) mass is 208 g/mol. The van der Waals surface area contributed by atoms with Crippen LogP contribution in [0.3, 0.4) is 0 Å². The third-order valence-electron chi connectivity index (χ3n) is 2.20. The Morgan fingerprint density at radius 2 is 1.93 bits per heavy atom. The molecule has 0 amide bonds. The molecule has 1 aromatic carbocycles. The van der Waals surface area contributed by atoms with E-state index >= 15 is 0 Å². The Morgan fingerprint density at radius 1 is 1.33 bits per heavy atom. The van der Waals surface area contributed by atoms with Crippen LogP contribution in [0.25, 0.3) is 0 Å². The second kappa shape index (κ2) is 4.59. The molecule has 1 atom stereocenters. The van der Waals surface area contributed by atoms with Crippen LogP contribution in [0, 0.1) is 0 Å². The van der Waals surface area contributed by atoms with E-state index in [1.807, 2.05) is 0 Å². The molecular weight excluding hydrogens is 196 g/mol. The topological polar surface area (TPSA) is 63.6 Å². The lowest BCUT2D eigenvalue weighted by molar-refractivity contribution is -0.138. The maximum absolute atomic E-state index is 11.3. The molecule has 0 aliphatic carbocycles. The van der Waals surface area contributed by atoms with Gasteiger partial charge >= 0.3 is 11.9 Å². The van der Waals surface area contributed by atoms with Crippen molar-refractivity contribution in [3.8, 4) is 0 Å². The molecule has 0 fully saturated rings. The molecule has 0 aliphatic rings. The molecule has 0 aromatic heterocycles. The van der Waals surface area contributed by atoms with E-state index in [2.05, 4.69) is 4.74 Å². The lowest BCUT2D eigenvalue weighted by Gasteiger charge is -2.10. The van der Waals surface area contributed by atoms with Gasteiger partial charge in [0.2, 0.25) is 0 Å². The van der Waals surface area contributed by atoms with E-state index in [0.29, 0.717) is 11.1 Å². The molecule has 0 saturated heterocycles. The van der Waals surface area contributed by atoms with Crippen LogP contribution >= 0.6 is 0 Å². The number of carbonyl (C=O) groups excluding carboxylic acids is 1. The fraction of sp³-hybridized carbons (Fsp3) is 0.273. The number of carboxylic acids is 1. The first-order chi connectivity index (χ1) is 7.07. The summed E-state index contributed by atoms with van der Waals surface area (Å²) in [5.74, 6) is -2.20. The van der Waals surface area contributed by atoms with Gasteiger partial charge in [0, 0.05) is 0 Å². The fourth-order valence-electron chi connectivity index (χ4n) is 1.30. The van der Waals surface area contributed by atoms with Gasteiger partial charge in [-0.15, -0.1) is 0 Å². The minimum atomic E-state index is -0.966. The number of methoxy groups -OCH3 is 1. The van der Waals surface area contributed by atoms with Crippen molar-refractivity contribution in [2.45, 2.75) is 12.8 Å². The Hall–Kier alpha value is -1.84. The summed E-state index contributed by atoms with van der Waals surface area (Å²) >= 11 is 0. The van der Waals surface area contributed by atoms with Gasteiger partial charge in [-0.05, 0) is 18.6 Å². The van der Waals surface area contributed by atoms with Crippen LogP contribution in [-0.4, -0.2) is 24.2 Å². The molecule has 0 aliphatic heterocycles. The summed E-state index contributed by atoms with van der Waals surface area (Å²) in [6.45, 7) is 1.53. The quantitative estimate of drug-likeness (QED) is 0.767. The van der Waals surface area contributed by atoms with Gasteiger partial charge in [0.05, 0.1) is 18.6 Å². The molecule has 1 aromatic rings. The highest BCUT2D eigenvalue weighted by Gasteiger charge is 2.20. The third-order valence-corrected chi connectivity index (χ3v) is 2.20. The van der Waals surface area contributed by atoms with Crippen molar-refractivity contribution < 1.29 is 19.4 Å². The van der Waals surface area contributed by atoms with Crippen LogP contribution in [0.4, 0.5) is 0 Å². The molecule has 0 heterocycles. The SMILES string of the molecule is COC(=O)c1ccccc1C(C)C(=O)O. The first-order valence-corrected chi connectivity index (χ1v) is 4.48. The summed E-state index contributed by atoms with van der Waals surface area (Å²) in [4.78, 5) is 22.2. The van der Waals surface area contributed by atoms with Crippen LogP contribution in [0.2, 0.25) is 0 Å². The number of ether oxygens (including phenoxy) is 1. The Balaban J connectivity index is 3.17. The molecule has 0 radical (unpaired) electrons. The highest BCUT2D eigenvalue weighted by atomic mass is 16.5. The average molecular weight is 208 g/mol. The smallest absolute Gasteiger partial charge is 0.338 e. The van der Waals surface area contributed by atoms with E-state index < -0.39 is 17.9 Å². The van der Waals surface area contributed by atoms with Gasteiger partial charge in [0.15, 0.2) is 0 Å². The third kappa shape index (κ3) is 2.34. The predicted octanol–water partition coefficient (Wildman–Crippen LogP) is 1.66. The first-order valence-electron chi connectivity index (χ1n) is 4.48. The molecular formula is C11H12O4. The van der Waals surface area contributed by atoms with E-state index in [-0.39, 0.29) is 0 Å². The first kappa shape index (κ1) is 11.2. The molecule has 1 N–H and O–H groups in total. The summed E-state index contributed by atoms with van der Waals surface area (Å²) in [6.07, 6.45) is 0. The predicted molar refractivity (Wildman–Crippen MR) is 53.8 cm³/mol. The molecule has 1 rings (SSSR count). The Morgan fingerprint density at radius 3 is 2.47 bits per heavy atom. The largest absolute Gasteiger partial charge is 0.481 e. The van der Waals surface area contributed by atoms with Crippen LogP contribution in [0.15, 0.2) is 24.3 Å².